The largest absolute Gasteiger partial charge is 0.448 e. The van der Waals surface area contributed by atoms with E-state index >= 15 is 0 Å². The first-order chi connectivity index (χ1) is 8.09. The van der Waals surface area contributed by atoms with Gasteiger partial charge in [-0.3, -0.25) is 4.90 Å². The molecule has 1 N–H and O–H groups in total. The van der Waals surface area contributed by atoms with Crippen molar-refractivity contribution in [1.29, 1.82) is 0 Å². The molecule has 5 nitrogen and oxygen atoms in total. The molecule has 0 aliphatic carbocycles. The fraction of sp³-hybridized carbons (Fsp3) is 0.750. The first kappa shape index (κ1) is 12.5. The van der Waals surface area contributed by atoms with Crippen LogP contribution >= 0.6 is 0 Å². The number of nitrogens with zero attached hydrogens (tertiary/aromatic N) is 2. The van der Waals surface area contributed by atoms with Crippen molar-refractivity contribution in [3.63, 3.8) is 0 Å². The van der Waals surface area contributed by atoms with Gasteiger partial charge in [-0.2, -0.15) is 0 Å². The topological polar surface area (TPSA) is 58.7 Å². The quantitative estimate of drug-likeness (QED) is 0.849. The maximum Gasteiger partial charge on any atom is 0.181 e. The fourth-order valence-electron chi connectivity index (χ4n) is 2.20. The van der Waals surface area contributed by atoms with Crippen molar-refractivity contribution in [2.24, 2.45) is 0 Å². The van der Waals surface area contributed by atoms with Gasteiger partial charge in [0.15, 0.2) is 6.39 Å². The van der Waals surface area contributed by atoms with Crippen LogP contribution in [0.2, 0.25) is 0 Å². The van der Waals surface area contributed by atoms with Crippen molar-refractivity contribution in [3.8, 4) is 0 Å². The highest BCUT2D eigenvalue weighted by atomic mass is 16.5. The number of hydrogen-bond acceptors (Lipinski definition) is 5. The summed E-state index contributed by atoms with van der Waals surface area (Å²) in [7, 11) is 1.99. The molecule has 1 aromatic rings. The summed E-state index contributed by atoms with van der Waals surface area (Å²) in [6.45, 7) is 4.54. The molecular weight excluding hydrogens is 220 g/mol. The highest BCUT2D eigenvalue weighted by Gasteiger charge is 2.31. The van der Waals surface area contributed by atoms with Crippen LogP contribution < -0.4 is 0 Å². The monoisotopic (exact) mass is 240 g/mol. The van der Waals surface area contributed by atoms with Crippen LogP contribution in [0.5, 0.6) is 0 Å². The average molecular weight is 240 g/mol. The lowest BCUT2D eigenvalue weighted by molar-refractivity contribution is -0.0778. The number of aromatic nitrogens is 1. The fourth-order valence-corrected chi connectivity index (χ4v) is 2.20. The van der Waals surface area contributed by atoms with Gasteiger partial charge in [0.05, 0.1) is 11.3 Å². The van der Waals surface area contributed by atoms with Crippen LogP contribution in [0, 0.1) is 6.92 Å². The van der Waals surface area contributed by atoms with Crippen molar-refractivity contribution >= 4 is 0 Å². The standard InChI is InChI=1S/C12H20N2O3/c1-10-11(13-9-17-10)7-14(2)8-12(15)3-5-16-6-4-12/h9,15H,3-8H2,1-2H3. The first-order valence-corrected chi connectivity index (χ1v) is 5.97. The Kier molecular flexibility index (Phi) is 3.81. The summed E-state index contributed by atoms with van der Waals surface area (Å²) in [6, 6.07) is 0. The Morgan fingerprint density at radius 1 is 1.47 bits per heavy atom. The van der Waals surface area contributed by atoms with Crippen LogP contribution in [0.3, 0.4) is 0 Å². The smallest absolute Gasteiger partial charge is 0.181 e. The van der Waals surface area contributed by atoms with Crippen LogP contribution in [0.1, 0.15) is 24.3 Å². The SMILES string of the molecule is Cc1ocnc1CN(C)CC1(O)CCOCC1. The highest BCUT2D eigenvalue weighted by molar-refractivity contribution is 5.04. The minimum absolute atomic E-state index is 0.620. The average Bonchev–Trinajstić information content (AvgIpc) is 2.64. The summed E-state index contributed by atoms with van der Waals surface area (Å²) < 4.78 is 10.4. The Bertz CT molecular complexity index is 358. The summed E-state index contributed by atoms with van der Waals surface area (Å²) in [5.74, 6) is 0.843. The van der Waals surface area contributed by atoms with E-state index in [0.29, 0.717) is 39.1 Å². The third-order valence-electron chi connectivity index (χ3n) is 3.25. The van der Waals surface area contributed by atoms with Gasteiger partial charge >= 0.3 is 0 Å². The molecule has 0 spiro atoms. The number of oxazole rings is 1. The maximum atomic E-state index is 10.4. The summed E-state index contributed by atoms with van der Waals surface area (Å²) in [5, 5.41) is 10.4. The van der Waals surface area contributed by atoms with Gasteiger partial charge in [0.25, 0.3) is 0 Å². The molecule has 0 atom stereocenters. The predicted octanol–water partition coefficient (Wildman–Crippen LogP) is 0.956. The Balaban J connectivity index is 1.88. The highest BCUT2D eigenvalue weighted by Crippen LogP contribution is 2.22. The number of aliphatic hydroxyl groups is 1. The molecule has 1 aliphatic heterocycles. The molecule has 2 heterocycles. The normalized spacial score (nSPS) is 19.8. The van der Waals surface area contributed by atoms with Crippen molar-refractivity contribution in [2.45, 2.75) is 31.9 Å². The van der Waals surface area contributed by atoms with Gasteiger partial charge in [-0.05, 0) is 14.0 Å². The molecule has 0 bridgehead atoms. The number of aryl methyl sites for hydroxylation is 1. The van der Waals surface area contributed by atoms with E-state index in [4.69, 9.17) is 9.15 Å². The van der Waals surface area contributed by atoms with Crippen molar-refractivity contribution in [1.82, 2.24) is 9.88 Å². The minimum atomic E-state index is -0.620. The first-order valence-electron chi connectivity index (χ1n) is 5.97. The number of ether oxygens (including phenoxy) is 1. The Morgan fingerprint density at radius 2 is 2.18 bits per heavy atom. The zero-order valence-electron chi connectivity index (χ0n) is 10.5. The van der Waals surface area contributed by atoms with E-state index in [9.17, 15) is 5.11 Å². The Hall–Kier alpha value is -0.910. The molecule has 1 aliphatic rings. The van der Waals surface area contributed by atoms with Crippen LogP contribution in [0.25, 0.3) is 0 Å². The van der Waals surface area contributed by atoms with E-state index in [2.05, 4.69) is 9.88 Å². The van der Waals surface area contributed by atoms with E-state index < -0.39 is 5.60 Å². The van der Waals surface area contributed by atoms with Gasteiger partial charge in [-0.25, -0.2) is 4.98 Å². The van der Waals surface area contributed by atoms with Crippen LogP contribution in [-0.4, -0.2) is 47.4 Å². The van der Waals surface area contributed by atoms with Gasteiger partial charge in [-0.1, -0.05) is 0 Å². The van der Waals surface area contributed by atoms with Crippen LogP contribution in [0.15, 0.2) is 10.8 Å². The zero-order valence-corrected chi connectivity index (χ0v) is 10.5. The molecule has 5 heteroatoms. The minimum Gasteiger partial charge on any atom is -0.448 e. The van der Waals surface area contributed by atoms with Crippen LogP contribution in [0.4, 0.5) is 0 Å². The lowest BCUT2D eigenvalue weighted by atomic mass is 9.94. The van der Waals surface area contributed by atoms with Gasteiger partial charge < -0.3 is 14.3 Å². The molecule has 1 aromatic heterocycles. The third kappa shape index (κ3) is 3.28. The number of rotatable bonds is 4. The molecule has 17 heavy (non-hydrogen) atoms. The molecular formula is C12H20N2O3. The summed E-state index contributed by atoms with van der Waals surface area (Å²) in [4.78, 5) is 6.24. The molecule has 1 saturated heterocycles. The molecule has 0 amide bonds. The third-order valence-corrected chi connectivity index (χ3v) is 3.25. The van der Waals surface area contributed by atoms with E-state index in [1.54, 1.807) is 0 Å². The predicted molar refractivity (Wildman–Crippen MR) is 62.6 cm³/mol. The number of hydrogen-bond donors (Lipinski definition) is 1. The molecule has 96 valence electrons. The van der Waals surface area contributed by atoms with E-state index in [1.165, 1.54) is 6.39 Å². The second-order valence-electron chi connectivity index (χ2n) is 4.86. The van der Waals surface area contributed by atoms with E-state index in [0.717, 1.165) is 11.5 Å². The summed E-state index contributed by atoms with van der Waals surface area (Å²) >= 11 is 0. The van der Waals surface area contributed by atoms with Crippen molar-refractivity contribution in [3.05, 3.63) is 17.8 Å². The summed E-state index contributed by atoms with van der Waals surface area (Å²) in [6.07, 6.45) is 2.87. The number of likely N-dealkylation sites (N-methyl/N-ethyl adjacent to an activating group) is 1. The summed E-state index contributed by atoms with van der Waals surface area (Å²) in [5.41, 5.74) is 0.313. The second-order valence-corrected chi connectivity index (χ2v) is 4.86. The van der Waals surface area contributed by atoms with Gasteiger partial charge in [0.1, 0.15) is 5.76 Å². The molecule has 0 aromatic carbocycles. The maximum absolute atomic E-state index is 10.4. The van der Waals surface area contributed by atoms with Gasteiger partial charge in [0.2, 0.25) is 0 Å². The molecule has 0 radical (unpaired) electrons. The lowest BCUT2D eigenvalue weighted by Gasteiger charge is -2.35. The molecule has 1 fully saturated rings. The van der Waals surface area contributed by atoms with Crippen molar-refractivity contribution < 1.29 is 14.3 Å². The van der Waals surface area contributed by atoms with Crippen LogP contribution in [-0.2, 0) is 11.3 Å². The van der Waals surface area contributed by atoms with Crippen molar-refractivity contribution in [2.75, 3.05) is 26.8 Å². The second kappa shape index (κ2) is 5.16. The van der Waals surface area contributed by atoms with Gasteiger partial charge in [-0.15, -0.1) is 0 Å². The Labute approximate surface area is 101 Å². The zero-order chi connectivity index (χ0) is 12.3. The molecule has 2 rings (SSSR count). The van der Waals surface area contributed by atoms with E-state index in [1.807, 2.05) is 14.0 Å². The van der Waals surface area contributed by atoms with E-state index in [-0.39, 0.29) is 0 Å². The lowest BCUT2D eigenvalue weighted by Crippen LogP contribution is -2.45. The molecule has 0 saturated carbocycles. The Morgan fingerprint density at radius 3 is 2.76 bits per heavy atom. The van der Waals surface area contributed by atoms with Gasteiger partial charge in [0, 0.05) is 39.1 Å². The molecule has 0 unspecified atom stereocenters.